The van der Waals surface area contributed by atoms with Crippen LogP contribution in [0, 0.1) is 16.7 Å². The van der Waals surface area contributed by atoms with Crippen LogP contribution in [0.15, 0.2) is 33.5 Å². The summed E-state index contributed by atoms with van der Waals surface area (Å²) in [4.78, 5) is 54.6. The van der Waals surface area contributed by atoms with Crippen LogP contribution in [-0.4, -0.2) is 97.0 Å². The summed E-state index contributed by atoms with van der Waals surface area (Å²) in [5.74, 6) is -2.01. The standard InChI is InChI=1S/C32H39N4O10P.CH4O/c1-16(2)36(17(3)4)47(42-12-8-11-33)46-21-15-24(43-18(21)5)35-27-31(6,28(38)34-30(35)40)26-20-13-19-9-10-25(37)44-22(19)14-23(20)45-32(26,27)29(39)41-7;1-2/h9-10,13-14,16-18,21,24,26-27H,8,12,15H2,1-7H3,(H,34,38,40);2H,1H3/t18-,21?,24-,26?,27?,31-,32+,47?;/m1./s1/i5D;2T. The Morgan fingerprint density at radius 1 is 1.31 bits per heavy atom. The molecule has 6 rings (SSSR count). The summed E-state index contributed by atoms with van der Waals surface area (Å²) >= 11 is 0. The Labute approximate surface area is 288 Å². The number of aliphatic hydroxyl groups is 1. The van der Waals surface area contributed by atoms with Crippen molar-refractivity contribution in [2.45, 2.75) is 102 Å². The van der Waals surface area contributed by atoms with Crippen LogP contribution in [0.4, 0.5) is 4.79 Å². The zero-order valence-electron chi connectivity index (χ0n) is 30.5. The normalized spacial score (nSPS) is 31.0. The van der Waals surface area contributed by atoms with E-state index >= 15 is 0 Å². The lowest BCUT2D eigenvalue weighted by atomic mass is 9.45. The third kappa shape index (κ3) is 5.78. The molecule has 4 aliphatic rings. The number of ether oxygens (including phenoxy) is 3. The van der Waals surface area contributed by atoms with E-state index < -0.39 is 73.5 Å². The first-order valence-electron chi connectivity index (χ1n) is 17.0. The van der Waals surface area contributed by atoms with Crippen molar-refractivity contribution in [1.29, 1.82) is 6.69 Å². The molecule has 0 bridgehead atoms. The van der Waals surface area contributed by atoms with E-state index in [0.717, 1.165) is 0 Å². The number of rotatable bonds is 10. The van der Waals surface area contributed by atoms with Crippen molar-refractivity contribution in [3.8, 4) is 11.8 Å². The number of nitriles is 1. The lowest BCUT2D eigenvalue weighted by Gasteiger charge is -2.65. The summed E-state index contributed by atoms with van der Waals surface area (Å²) in [6, 6.07) is 6.26. The molecular weight excluding hydrogens is 659 g/mol. The fourth-order valence-electron chi connectivity index (χ4n) is 7.68. The van der Waals surface area contributed by atoms with Gasteiger partial charge in [-0.05, 0) is 53.7 Å². The molecule has 1 saturated carbocycles. The molecule has 2 saturated heterocycles. The lowest BCUT2D eigenvalue weighted by molar-refractivity contribution is -0.228. The van der Waals surface area contributed by atoms with E-state index in [2.05, 4.69) is 21.2 Å². The first-order valence-corrected chi connectivity index (χ1v) is 17.1. The number of hydrogen-bond donors (Lipinski definition) is 2. The number of fused-ring (bicyclic) bond motifs is 7. The van der Waals surface area contributed by atoms with Gasteiger partial charge in [-0.2, -0.15) is 5.26 Å². The number of urea groups is 1. The van der Waals surface area contributed by atoms with Crippen LogP contribution < -0.4 is 15.7 Å². The van der Waals surface area contributed by atoms with Gasteiger partial charge in [-0.25, -0.2) is 19.1 Å². The molecule has 1 aliphatic carbocycles. The molecule has 0 radical (unpaired) electrons. The van der Waals surface area contributed by atoms with Crippen LogP contribution in [-0.2, 0) is 28.1 Å². The van der Waals surface area contributed by atoms with Crippen LogP contribution >= 0.6 is 8.53 Å². The van der Waals surface area contributed by atoms with Crippen LogP contribution in [0.5, 0.6) is 5.75 Å². The maximum absolute atomic E-state index is 13.8. The van der Waals surface area contributed by atoms with Gasteiger partial charge >= 0.3 is 17.6 Å². The van der Waals surface area contributed by atoms with E-state index in [4.69, 9.17) is 35.7 Å². The zero-order chi connectivity index (χ0) is 37.4. The Morgan fingerprint density at radius 3 is 2.65 bits per heavy atom. The quantitative estimate of drug-likeness (QED) is 0.158. The van der Waals surface area contributed by atoms with Gasteiger partial charge in [0, 0.05) is 50.1 Å². The van der Waals surface area contributed by atoms with Crippen LogP contribution in [0.1, 0.15) is 67.2 Å². The average molecular weight is 706 g/mol. The molecule has 2 N–H and O–H groups in total. The maximum atomic E-state index is 13.8. The zero-order valence-corrected chi connectivity index (χ0v) is 29.4. The van der Waals surface area contributed by atoms with Gasteiger partial charge in [0.25, 0.3) is 8.53 Å². The molecule has 4 heterocycles. The third-order valence-electron chi connectivity index (χ3n) is 9.45. The molecule has 8 atom stereocenters. The van der Waals surface area contributed by atoms with E-state index in [1.807, 2.05) is 27.7 Å². The van der Waals surface area contributed by atoms with E-state index in [9.17, 15) is 19.2 Å². The first kappa shape index (κ1) is 33.8. The maximum Gasteiger partial charge on any atom is 0.353 e. The molecule has 15 nitrogen and oxygen atoms in total. The van der Waals surface area contributed by atoms with Crippen LogP contribution in [0.2, 0.25) is 0 Å². The highest BCUT2D eigenvalue weighted by Gasteiger charge is 2.85. The van der Waals surface area contributed by atoms with Gasteiger partial charge in [-0.1, -0.05) is 0 Å². The average Bonchev–Trinajstić information content (AvgIpc) is 3.61. The number of nitrogens with one attached hydrogen (secondary N) is 1. The number of nitrogens with zero attached hydrogens (tertiary/aromatic N) is 3. The number of hydrogen-bond acceptors (Lipinski definition) is 13. The number of aliphatic hydroxyl groups excluding tert-OH is 1. The van der Waals surface area contributed by atoms with Gasteiger partial charge in [-0.15, -0.1) is 0 Å². The van der Waals surface area contributed by atoms with E-state index in [0.29, 0.717) is 10.9 Å². The Morgan fingerprint density at radius 2 is 2.02 bits per heavy atom. The fourth-order valence-corrected chi connectivity index (χ4v) is 9.44. The molecule has 16 heteroatoms. The van der Waals surface area contributed by atoms with E-state index in [1.54, 1.807) is 19.1 Å². The van der Waals surface area contributed by atoms with Crippen molar-refractivity contribution in [2.75, 3.05) is 20.8 Å². The molecule has 2 aromatic rings. The van der Waals surface area contributed by atoms with Gasteiger partial charge < -0.3 is 32.8 Å². The molecular formula is C33H43N4O11P. The largest absolute Gasteiger partial charge is 0.472 e. The predicted molar refractivity (Wildman–Crippen MR) is 175 cm³/mol. The van der Waals surface area contributed by atoms with Gasteiger partial charge in [0.1, 0.15) is 23.6 Å². The predicted octanol–water partition coefficient (Wildman–Crippen LogP) is 3.53. The van der Waals surface area contributed by atoms with E-state index in [1.165, 1.54) is 31.3 Å². The number of methoxy groups -OCH3 is 1. The van der Waals surface area contributed by atoms with Gasteiger partial charge in [0.2, 0.25) is 12.9 Å². The van der Waals surface area contributed by atoms with Crippen molar-refractivity contribution in [3.63, 3.8) is 0 Å². The van der Waals surface area contributed by atoms with Crippen molar-refractivity contribution < 1.29 is 48.5 Å². The molecule has 3 amide bonds. The SMILES string of the molecule is [2H]C[C@H]1O[C@@H](N2C(=O)NC(=O)[C@]3(C)C4c5cc6ccc(=O)oc6cc5O[C@]4(C(=O)OC)C23)CC1OP(OCCC#N)N(C(C)C)C(C)C.[3H]OC. The van der Waals surface area contributed by atoms with Gasteiger partial charge in [-0.3, -0.25) is 15.0 Å². The smallest absolute Gasteiger partial charge is 0.353 e. The summed E-state index contributed by atoms with van der Waals surface area (Å²) in [6.07, 6.45) is -2.22. The Hall–Kier alpha value is -3.64. The molecule has 49 heavy (non-hydrogen) atoms. The summed E-state index contributed by atoms with van der Waals surface area (Å²) in [5.41, 5.74) is -2.99. The Kier molecular flexibility index (Phi) is 9.62. The summed E-state index contributed by atoms with van der Waals surface area (Å²) < 4.78 is 52.0. The first-order chi connectivity index (χ1) is 24.2. The summed E-state index contributed by atoms with van der Waals surface area (Å²) in [7, 11) is 0.802. The monoisotopic (exact) mass is 705 g/mol. The van der Waals surface area contributed by atoms with Crippen LogP contribution in [0.3, 0.4) is 0 Å². The summed E-state index contributed by atoms with van der Waals surface area (Å²) in [6.45, 7) is 9.65. The van der Waals surface area contributed by atoms with E-state index in [-0.39, 0.29) is 49.8 Å². The van der Waals surface area contributed by atoms with Gasteiger partial charge in [0.05, 0.1) is 49.7 Å². The number of esters is 1. The van der Waals surface area contributed by atoms with Crippen molar-refractivity contribution >= 4 is 37.4 Å². The molecule has 1 aromatic carbocycles. The number of carbonyl (C=O) groups is 3. The minimum atomic E-state index is -1.82. The number of amides is 3. The van der Waals surface area contributed by atoms with Gasteiger partial charge in [0.15, 0.2) is 0 Å². The topological polar surface area (TPSA) is 190 Å². The molecule has 4 unspecified atom stereocenters. The number of carbonyl (C=O) groups excluding carboxylic acids is 3. The molecule has 266 valence electrons. The second-order valence-corrected chi connectivity index (χ2v) is 14.3. The Balaban J connectivity index is 0.00000162. The minimum absolute atomic E-state index is 0.0306. The second kappa shape index (κ2) is 13.9. The number of benzene rings is 1. The highest BCUT2D eigenvalue weighted by Crippen LogP contribution is 2.70. The molecule has 0 spiro atoms. The Bertz CT molecular complexity index is 1750. The minimum Gasteiger partial charge on any atom is -0.472 e. The summed E-state index contributed by atoms with van der Waals surface area (Å²) in [5, 5.41) is 15.6. The highest BCUT2D eigenvalue weighted by atomic mass is 31.2. The van der Waals surface area contributed by atoms with Crippen molar-refractivity contribution in [2.24, 2.45) is 5.41 Å². The number of imide groups is 1. The van der Waals surface area contributed by atoms with Crippen LogP contribution in [0.25, 0.3) is 11.0 Å². The molecule has 3 fully saturated rings. The highest BCUT2D eigenvalue weighted by molar-refractivity contribution is 7.44. The second-order valence-electron chi connectivity index (χ2n) is 12.9. The van der Waals surface area contributed by atoms with Crippen molar-refractivity contribution in [1.82, 2.24) is 14.9 Å². The lowest BCUT2D eigenvalue weighted by Crippen LogP contribution is -2.87. The molecule has 3 aliphatic heterocycles. The molecule has 1 aromatic heterocycles. The third-order valence-corrected chi connectivity index (χ3v) is 11.6. The fraction of sp³-hybridized carbons (Fsp3) is 0.606. The van der Waals surface area contributed by atoms with Crippen molar-refractivity contribution in [3.05, 3.63) is 40.2 Å².